The second-order valence-electron chi connectivity index (χ2n) is 5.90. The molecule has 0 unspecified atom stereocenters. The van der Waals surface area contributed by atoms with Crippen LogP contribution in [0.2, 0.25) is 0 Å². The van der Waals surface area contributed by atoms with E-state index in [9.17, 15) is 5.26 Å². The molecule has 0 bridgehead atoms. The third-order valence-corrected chi connectivity index (χ3v) is 5.66. The summed E-state index contributed by atoms with van der Waals surface area (Å²) >= 11 is 1.70. The van der Waals surface area contributed by atoms with Crippen molar-refractivity contribution in [2.45, 2.75) is 32.1 Å². The molecule has 3 nitrogen and oxygen atoms in total. The lowest BCUT2D eigenvalue weighted by atomic mass is 10.1. The van der Waals surface area contributed by atoms with Crippen LogP contribution in [-0.4, -0.2) is 11.2 Å². The minimum absolute atomic E-state index is 0.794. The zero-order valence-corrected chi connectivity index (χ0v) is 13.6. The molecule has 0 saturated heterocycles. The Labute approximate surface area is 139 Å². The highest BCUT2D eigenvalue weighted by molar-refractivity contribution is 7.16. The molecule has 3 aromatic rings. The first-order valence-corrected chi connectivity index (χ1v) is 8.83. The van der Waals surface area contributed by atoms with Gasteiger partial charge in [0.1, 0.15) is 11.1 Å². The average molecular weight is 319 g/mol. The van der Waals surface area contributed by atoms with E-state index < -0.39 is 0 Å². The van der Waals surface area contributed by atoms with Crippen LogP contribution < -0.4 is 0 Å². The summed E-state index contributed by atoms with van der Waals surface area (Å²) in [5, 5.41) is 11.6. The van der Waals surface area contributed by atoms with Gasteiger partial charge in [0, 0.05) is 33.8 Å². The molecule has 2 heterocycles. The summed E-state index contributed by atoms with van der Waals surface area (Å²) in [6.45, 7) is 0. The van der Waals surface area contributed by atoms with E-state index in [1.807, 2.05) is 24.5 Å². The fraction of sp³-hybridized carbons (Fsp3) is 0.263. The van der Waals surface area contributed by atoms with Crippen LogP contribution in [0.4, 0.5) is 5.00 Å². The number of aromatic amines is 1. The molecule has 114 valence electrons. The Morgan fingerprint density at radius 3 is 2.96 bits per heavy atom. The fourth-order valence-electron chi connectivity index (χ4n) is 3.26. The third-order valence-electron chi connectivity index (χ3n) is 4.46. The molecule has 0 spiro atoms. The number of benzene rings is 1. The van der Waals surface area contributed by atoms with Crippen LogP contribution in [0.15, 0.2) is 35.5 Å². The van der Waals surface area contributed by atoms with Crippen molar-refractivity contribution in [2.24, 2.45) is 4.99 Å². The van der Waals surface area contributed by atoms with Crippen molar-refractivity contribution in [3.8, 4) is 6.07 Å². The summed E-state index contributed by atoms with van der Waals surface area (Å²) in [6, 6.07) is 10.6. The summed E-state index contributed by atoms with van der Waals surface area (Å²) < 4.78 is 0. The maximum atomic E-state index is 9.56. The minimum Gasteiger partial charge on any atom is -0.361 e. The van der Waals surface area contributed by atoms with Crippen LogP contribution in [0, 0.1) is 11.3 Å². The molecule has 0 atom stereocenters. The number of para-hydroxylation sites is 1. The second-order valence-corrected chi connectivity index (χ2v) is 6.99. The number of hydrogen-bond donors (Lipinski definition) is 1. The van der Waals surface area contributed by atoms with Gasteiger partial charge in [-0.1, -0.05) is 24.6 Å². The van der Waals surface area contributed by atoms with Gasteiger partial charge in [-0.05, 0) is 37.3 Å². The molecular weight excluding hydrogens is 302 g/mol. The van der Waals surface area contributed by atoms with E-state index in [1.165, 1.54) is 29.7 Å². The van der Waals surface area contributed by atoms with Crippen molar-refractivity contribution in [1.29, 1.82) is 5.26 Å². The normalized spacial score (nSPS) is 14.7. The standard InChI is InChI=1S/C19H17N3S/c20-10-16-15-7-2-1-3-9-18(15)23-19(16)22-12-13-11-21-17-8-5-4-6-14(13)17/h4-6,8,11-12,21H,1-3,7,9H2/b22-12+. The fourth-order valence-corrected chi connectivity index (χ4v) is 4.45. The van der Waals surface area contributed by atoms with Gasteiger partial charge in [-0.3, -0.25) is 0 Å². The summed E-state index contributed by atoms with van der Waals surface area (Å²) in [5.74, 6) is 0. The summed E-state index contributed by atoms with van der Waals surface area (Å²) in [4.78, 5) is 9.28. The maximum Gasteiger partial charge on any atom is 0.134 e. The van der Waals surface area contributed by atoms with E-state index in [0.29, 0.717) is 0 Å². The monoisotopic (exact) mass is 319 g/mol. The SMILES string of the molecule is N#Cc1c(/N=C/c2c[nH]c3ccccc23)sc2c1CCCCC2. The molecule has 4 heteroatoms. The number of aromatic nitrogens is 1. The van der Waals surface area contributed by atoms with Crippen LogP contribution >= 0.6 is 11.3 Å². The quantitative estimate of drug-likeness (QED) is 0.517. The number of aliphatic imine (C=N–C) groups is 1. The molecule has 0 radical (unpaired) electrons. The average Bonchev–Trinajstić information content (AvgIpc) is 3.06. The summed E-state index contributed by atoms with van der Waals surface area (Å²) in [5.41, 5.74) is 4.22. The van der Waals surface area contributed by atoms with Crippen LogP contribution in [0.5, 0.6) is 0 Å². The van der Waals surface area contributed by atoms with Gasteiger partial charge in [-0.2, -0.15) is 5.26 Å². The van der Waals surface area contributed by atoms with Gasteiger partial charge >= 0.3 is 0 Å². The Balaban J connectivity index is 1.73. The van der Waals surface area contributed by atoms with Crippen LogP contribution in [0.25, 0.3) is 10.9 Å². The van der Waals surface area contributed by atoms with Crippen molar-refractivity contribution < 1.29 is 0 Å². The van der Waals surface area contributed by atoms with Gasteiger partial charge in [0.25, 0.3) is 0 Å². The zero-order valence-electron chi connectivity index (χ0n) is 12.8. The van der Waals surface area contributed by atoms with Gasteiger partial charge < -0.3 is 4.98 Å². The molecule has 1 aliphatic rings. The predicted octanol–water partition coefficient (Wildman–Crippen LogP) is 5.12. The van der Waals surface area contributed by atoms with Gasteiger partial charge in [-0.25, -0.2) is 4.99 Å². The Bertz CT molecular complexity index is 924. The highest BCUT2D eigenvalue weighted by Gasteiger charge is 2.19. The van der Waals surface area contributed by atoms with Crippen LogP contribution in [0.1, 0.15) is 40.8 Å². The molecule has 4 rings (SSSR count). The van der Waals surface area contributed by atoms with E-state index in [2.05, 4.69) is 28.2 Å². The lowest BCUT2D eigenvalue weighted by Gasteiger charge is -1.96. The molecule has 2 aromatic heterocycles. The topological polar surface area (TPSA) is 51.9 Å². The molecule has 0 amide bonds. The highest BCUT2D eigenvalue weighted by Crippen LogP contribution is 2.38. The molecule has 0 fully saturated rings. The van der Waals surface area contributed by atoms with Crippen molar-refractivity contribution in [1.82, 2.24) is 4.98 Å². The maximum absolute atomic E-state index is 9.56. The second kappa shape index (κ2) is 6.02. The van der Waals surface area contributed by atoms with Crippen molar-refractivity contribution >= 4 is 33.5 Å². The van der Waals surface area contributed by atoms with E-state index in [-0.39, 0.29) is 0 Å². The van der Waals surface area contributed by atoms with Gasteiger partial charge in [-0.15, -0.1) is 11.3 Å². The Kier molecular flexibility index (Phi) is 3.72. The van der Waals surface area contributed by atoms with E-state index in [1.54, 1.807) is 11.3 Å². The van der Waals surface area contributed by atoms with Crippen molar-refractivity contribution in [3.63, 3.8) is 0 Å². The zero-order chi connectivity index (χ0) is 15.6. The number of fused-ring (bicyclic) bond motifs is 2. The lowest BCUT2D eigenvalue weighted by molar-refractivity contribution is 0.712. The smallest absolute Gasteiger partial charge is 0.134 e. The molecule has 23 heavy (non-hydrogen) atoms. The lowest BCUT2D eigenvalue weighted by Crippen LogP contribution is -1.87. The highest BCUT2D eigenvalue weighted by atomic mass is 32.1. The third kappa shape index (κ3) is 2.58. The summed E-state index contributed by atoms with van der Waals surface area (Å²) in [6.07, 6.45) is 9.65. The van der Waals surface area contributed by atoms with E-state index >= 15 is 0 Å². The largest absolute Gasteiger partial charge is 0.361 e. The van der Waals surface area contributed by atoms with Crippen LogP contribution in [-0.2, 0) is 12.8 Å². The number of nitrogens with zero attached hydrogens (tertiary/aromatic N) is 2. The van der Waals surface area contributed by atoms with Gasteiger partial charge in [0.15, 0.2) is 0 Å². The Morgan fingerprint density at radius 1 is 1.17 bits per heavy atom. The number of aryl methyl sites for hydroxylation is 1. The molecule has 0 saturated carbocycles. The number of H-pyrrole nitrogens is 1. The Hall–Kier alpha value is -2.38. The number of thiophene rings is 1. The van der Waals surface area contributed by atoms with Crippen LogP contribution in [0.3, 0.4) is 0 Å². The number of nitrogens with one attached hydrogen (secondary N) is 1. The van der Waals surface area contributed by atoms with E-state index in [0.717, 1.165) is 39.9 Å². The minimum atomic E-state index is 0.794. The van der Waals surface area contributed by atoms with Crippen molar-refractivity contribution in [2.75, 3.05) is 0 Å². The molecule has 1 N–H and O–H groups in total. The van der Waals surface area contributed by atoms with Crippen molar-refractivity contribution in [3.05, 3.63) is 52.0 Å². The Morgan fingerprint density at radius 2 is 2.04 bits per heavy atom. The first-order chi connectivity index (χ1) is 11.4. The van der Waals surface area contributed by atoms with Gasteiger partial charge in [0.2, 0.25) is 0 Å². The first kappa shape index (κ1) is 14.2. The molecule has 0 aliphatic heterocycles. The number of rotatable bonds is 2. The number of hydrogen-bond acceptors (Lipinski definition) is 3. The predicted molar refractivity (Wildman–Crippen MR) is 95.8 cm³/mol. The molecular formula is C19H17N3S. The van der Waals surface area contributed by atoms with Gasteiger partial charge in [0.05, 0.1) is 5.56 Å². The molecule has 1 aliphatic carbocycles. The first-order valence-electron chi connectivity index (χ1n) is 8.01. The van der Waals surface area contributed by atoms with E-state index in [4.69, 9.17) is 0 Å². The molecule has 1 aromatic carbocycles. The number of nitriles is 1. The summed E-state index contributed by atoms with van der Waals surface area (Å²) in [7, 11) is 0.